The quantitative estimate of drug-likeness (QED) is 0.725. The van der Waals surface area contributed by atoms with Gasteiger partial charge in [-0.05, 0) is 49.8 Å². The van der Waals surface area contributed by atoms with Gasteiger partial charge in [-0.1, -0.05) is 68.8 Å². The molecule has 0 amide bonds. The van der Waals surface area contributed by atoms with E-state index in [9.17, 15) is 4.79 Å². The molecule has 0 bridgehead atoms. The van der Waals surface area contributed by atoms with Crippen LogP contribution in [0, 0.1) is 18.8 Å². The van der Waals surface area contributed by atoms with Gasteiger partial charge in [0.1, 0.15) is 5.78 Å². The Balaban J connectivity index is 0.000000341. The molecule has 2 aromatic rings. The fourth-order valence-corrected chi connectivity index (χ4v) is 3.19. The molecule has 0 saturated heterocycles. The average Bonchev–Trinajstić information content (AvgIpc) is 2.54. The molecule has 2 nitrogen and oxygen atoms in total. The van der Waals surface area contributed by atoms with Crippen LogP contribution in [0.15, 0.2) is 54.6 Å². The number of nitrogen functional groups attached to an aromatic ring is 1. The summed E-state index contributed by atoms with van der Waals surface area (Å²) in [6.07, 6.45) is 0.979. The first-order valence-corrected chi connectivity index (χ1v) is 8.74. The van der Waals surface area contributed by atoms with Crippen LogP contribution < -0.4 is 5.73 Å². The predicted molar refractivity (Wildman–Crippen MR) is 104 cm³/mol. The Kier molecular flexibility index (Phi) is 8.25. The van der Waals surface area contributed by atoms with Gasteiger partial charge in [-0.25, -0.2) is 0 Å². The molecule has 0 fully saturated rings. The predicted octanol–water partition coefficient (Wildman–Crippen LogP) is 5.62. The Morgan fingerprint density at radius 3 is 1.88 bits per heavy atom. The molecule has 0 aliphatic carbocycles. The van der Waals surface area contributed by atoms with Gasteiger partial charge in [0.05, 0.1) is 0 Å². The largest absolute Gasteiger partial charge is 0.399 e. The normalized spacial score (nSPS) is 12.9. The number of carbonyl (C=O) groups is 1. The molecule has 24 heavy (non-hydrogen) atoms. The third-order valence-electron chi connectivity index (χ3n) is 4.37. The van der Waals surface area contributed by atoms with Crippen LogP contribution in [0.4, 0.5) is 5.69 Å². The van der Waals surface area contributed by atoms with Gasteiger partial charge in [-0.2, -0.15) is 0 Å². The molecule has 0 aliphatic rings. The molecule has 2 atom stereocenters. The maximum atomic E-state index is 11.8. The summed E-state index contributed by atoms with van der Waals surface area (Å²) in [5.74, 6) is 1.05. The lowest BCUT2D eigenvalue weighted by Gasteiger charge is -2.27. The van der Waals surface area contributed by atoms with Gasteiger partial charge in [0.2, 0.25) is 0 Å². The minimum absolute atomic E-state index is 0.101. The number of nitrogens with two attached hydrogens (primary N) is 1. The van der Waals surface area contributed by atoms with Crippen molar-refractivity contribution in [2.45, 2.75) is 47.0 Å². The maximum absolute atomic E-state index is 11.8. The van der Waals surface area contributed by atoms with Gasteiger partial charge in [-0.15, -0.1) is 0 Å². The first-order chi connectivity index (χ1) is 11.4. The first kappa shape index (κ1) is 20.0. The molecule has 2 aromatic carbocycles. The summed E-state index contributed by atoms with van der Waals surface area (Å²) >= 11 is 0. The molecular formula is C22H31NO. The van der Waals surface area contributed by atoms with Crippen LogP contribution in [0.2, 0.25) is 0 Å². The zero-order valence-corrected chi connectivity index (χ0v) is 15.6. The highest BCUT2D eigenvalue weighted by Gasteiger charge is 2.28. The van der Waals surface area contributed by atoms with Crippen molar-refractivity contribution >= 4 is 11.5 Å². The van der Waals surface area contributed by atoms with Crippen LogP contribution in [0.3, 0.4) is 0 Å². The van der Waals surface area contributed by atoms with E-state index in [1.165, 1.54) is 11.1 Å². The minimum atomic E-state index is 0.101. The maximum Gasteiger partial charge on any atom is 0.133 e. The van der Waals surface area contributed by atoms with E-state index in [2.05, 4.69) is 39.8 Å². The highest BCUT2D eigenvalue weighted by atomic mass is 16.1. The summed E-state index contributed by atoms with van der Waals surface area (Å²) in [6, 6.07) is 18.2. The lowest BCUT2D eigenvalue weighted by Crippen LogP contribution is -2.25. The van der Waals surface area contributed by atoms with Gasteiger partial charge in [-0.3, -0.25) is 4.79 Å². The number of benzene rings is 2. The van der Waals surface area contributed by atoms with Gasteiger partial charge in [0, 0.05) is 11.6 Å². The van der Waals surface area contributed by atoms with Gasteiger partial charge < -0.3 is 5.73 Å². The van der Waals surface area contributed by atoms with E-state index in [0.717, 1.165) is 12.1 Å². The Morgan fingerprint density at radius 1 is 1.00 bits per heavy atom. The van der Waals surface area contributed by atoms with E-state index in [-0.39, 0.29) is 11.7 Å². The summed E-state index contributed by atoms with van der Waals surface area (Å²) in [4.78, 5) is 11.8. The average molecular weight is 325 g/mol. The number of hydrogen-bond acceptors (Lipinski definition) is 2. The van der Waals surface area contributed by atoms with Crippen LogP contribution in [-0.4, -0.2) is 5.78 Å². The lowest BCUT2D eigenvalue weighted by atomic mass is 9.76. The highest BCUT2D eigenvalue weighted by molar-refractivity contribution is 5.79. The lowest BCUT2D eigenvalue weighted by molar-refractivity contribution is -0.122. The molecule has 2 heteroatoms. The van der Waals surface area contributed by atoms with Crippen molar-refractivity contribution in [3.8, 4) is 0 Å². The van der Waals surface area contributed by atoms with E-state index in [1.54, 1.807) is 6.92 Å². The third-order valence-corrected chi connectivity index (χ3v) is 4.37. The molecule has 0 aromatic heterocycles. The second kappa shape index (κ2) is 9.92. The van der Waals surface area contributed by atoms with E-state index in [0.29, 0.717) is 11.8 Å². The highest BCUT2D eigenvalue weighted by Crippen LogP contribution is 2.34. The molecule has 2 unspecified atom stereocenters. The van der Waals surface area contributed by atoms with E-state index < -0.39 is 0 Å². The molecule has 0 aliphatic heterocycles. The fraction of sp³-hybridized carbons (Fsp3) is 0.409. The number of Topliss-reactive ketones (excluding diaryl/α,β-unsaturated/α-hetero) is 1. The molecule has 2 N–H and O–H groups in total. The smallest absolute Gasteiger partial charge is 0.133 e. The molecule has 0 spiro atoms. The fourth-order valence-electron chi connectivity index (χ4n) is 3.19. The number of carbonyl (C=O) groups excluding carboxylic acids is 1. The Morgan fingerprint density at radius 2 is 1.54 bits per heavy atom. The third kappa shape index (κ3) is 6.19. The molecule has 0 radical (unpaired) electrons. The molecule has 0 saturated carbocycles. The summed E-state index contributed by atoms with van der Waals surface area (Å²) in [7, 11) is 0. The molecule has 130 valence electrons. The Hall–Kier alpha value is -2.09. The number of ketones is 1. The van der Waals surface area contributed by atoms with Crippen molar-refractivity contribution in [2.75, 3.05) is 5.73 Å². The Bertz CT molecular complexity index is 602. The number of hydrogen-bond donors (Lipinski definition) is 1. The molecule has 2 rings (SSSR count). The van der Waals surface area contributed by atoms with Crippen molar-refractivity contribution < 1.29 is 4.79 Å². The van der Waals surface area contributed by atoms with Crippen molar-refractivity contribution in [3.63, 3.8) is 0 Å². The van der Waals surface area contributed by atoms with Crippen molar-refractivity contribution in [1.29, 1.82) is 0 Å². The zero-order chi connectivity index (χ0) is 18.1. The second-order valence-corrected chi connectivity index (χ2v) is 6.72. The molecular weight excluding hydrogens is 294 g/mol. The minimum Gasteiger partial charge on any atom is -0.399 e. The van der Waals surface area contributed by atoms with Crippen molar-refractivity contribution in [3.05, 3.63) is 65.7 Å². The summed E-state index contributed by atoms with van der Waals surface area (Å²) in [5.41, 5.74) is 9.01. The Labute approximate surface area is 147 Å². The first-order valence-electron chi connectivity index (χ1n) is 8.74. The van der Waals surface area contributed by atoms with Gasteiger partial charge in [0.15, 0.2) is 0 Å². The van der Waals surface area contributed by atoms with Gasteiger partial charge in [0.25, 0.3) is 0 Å². The van der Waals surface area contributed by atoms with Crippen molar-refractivity contribution in [1.82, 2.24) is 0 Å². The number of rotatable bonds is 5. The monoisotopic (exact) mass is 325 g/mol. The van der Waals surface area contributed by atoms with Crippen LogP contribution in [0.5, 0.6) is 0 Å². The second-order valence-electron chi connectivity index (χ2n) is 6.72. The standard InChI is InChI=1S/C15H23NO.C7H8/c1-5-14(15(10(2)3)11(4)17)12-6-8-13(16)9-7-12;1-7-5-3-2-4-6-7/h6-10,14-15H,5,16H2,1-4H3;2-6H,1H3. The van der Waals surface area contributed by atoms with Crippen LogP contribution in [0.1, 0.15) is 51.2 Å². The van der Waals surface area contributed by atoms with E-state index in [1.807, 2.05) is 42.5 Å². The zero-order valence-electron chi connectivity index (χ0n) is 15.6. The van der Waals surface area contributed by atoms with Crippen molar-refractivity contribution in [2.24, 2.45) is 11.8 Å². The topological polar surface area (TPSA) is 43.1 Å². The van der Waals surface area contributed by atoms with E-state index >= 15 is 0 Å². The van der Waals surface area contributed by atoms with Crippen LogP contribution in [-0.2, 0) is 4.79 Å². The van der Waals surface area contributed by atoms with Crippen LogP contribution >= 0.6 is 0 Å². The SMILES string of the molecule is CCC(c1ccc(N)cc1)C(C(C)=O)C(C)C.Cc1ccccc1. The summed E-state index contributed by atoms with van der Waals surface area (Å²) in [5, 5.41) is 0. The summed E-state index contributed by atoms with van der Waals surface area (Å²) in [6.45, 7) is 10.2. The number of anilines is 1. The summed E-state index contributed by atoms with van der Waals surface area (Å²) < 4.78 is 0. The van der Waals surface area contributed by atoms with E-state index in [4.69, 9.17) is 5.73 Å². The van der Waals surface area contributed by atoms with Gasteiger partial charge >= 0.3 is 0 Å². The molecule has 0 heterocycles. The van der Waals surface area contributed by atoms with Crippen LogP contribution in [0.25, 0.3) is 0 Å². The number of aryl methyl sites for hydroxylation is 1.